The van der Waals surface area contributed by atoms with Crippen molar-refractivity contribution in [2.75, 3.05) is 13.7 Å². The van der Waals surface area contributed by atoms with Gasteiger partial charge in [-0.3, -0.25) is 4.79 Å². The van der Waals surface area contributed by atoms with Gasteiger partial charge in [-0.2, -0.15) is 0 Å². The fourth-order valence-corrected chi connectivity index (χ4v) is 10.0. The van der Waals surface area contributed by atoms with Crippen molar-refractivity contribution in [3.63, 3.8) is 0 Å². The van der Waals surface area contributed by atoms with Gasteiger partial charge in [0.25, 0.3) is 0 Å². The smallest absolute Gasteiger partial charge is 0.192 e. The first kappa shape index (κ1) is 37.7. The topological polar surface area (TPSA) is 63.2 Å². The van der Waals surface area contributed by atoms with Crippen molar-refractivity contribution >= 4 is 22.4 Å². The number of rotatable bonds is 16. The fraction of sp³-hybridized carbons (Fsp3) is 0.906. The van der Waals surface area contributed by atoms with Gasteiger partial charge in [0.1, 0.15) is 11.9 Å². The zero-order valence-corrected chi connectivity index (χ0v) is 30.9. The number of carbonyl (C=O) groups excluding carboxylic acids is 1. The molecule has 0 unspecified atom stereocenters. The molecule has 0 aliphatic carbocycles. The van der Waals surface area contributed by atoms with Gasteiger partial charge in [-0.1, -0.05) is 68.4 Å². The molecular formula is C32H64O6Si2. The van der Waals surface area contributed by atoms with E-state index in [2.05, 4.69) is 81.5 Å². The number of Topliss-reactive ketones (excluding diaryl/α,β-unsaturated/α-hetero) is 1. The molecule has 6 nitrogen and oxygen atoms in total. The summed E-state index contributed by atoms with van der Waals surface area (Å²) in [5, 5.41) is 0.0455. The van der Waals surface area contributed by atoms with Gasteiger partial charge in [0.15, 0.2) is 22.4 Å². The van der Waals surface area contributed by atoms with E-state index in [1.165, 1.54) is 0 Å². The van der Waals surface area contributed by atoms with Crippen LogP contribution in [-0.4, -0.2) is 66.3 Å². The summed E-state index contributed by atoms with van der Waals surface area (Å²) in [7, 11) is -2.40. The second kappa shape index (κ2) is 14.9. The third kappa shape index (κ3) is 9.58. The van der Waals surface area contributed by atoms with Gasteiger partial charge in [-0.15, -0.1) is 0 Å². The second-order valence-electron chi connectivity index (χ2n) is 14.2. The van der Waals surface area contributed by atoms with E-state index in [0.29, 0.717) is 6.61 Å². The Labute approximate surface area is 249 Å². The van der Waals surface area contributed by atoms with Crippen molar-refractivity contribution in [1.82, 2.24) is 0 Å². The lowest BCUT2D eigenvalue weighted by Gasteiger charge is -2.47. The minimum atomic E-state index is -2.16. The number of methoxy groups -OCH3 is 1. The molecule has 1 aliphatic heterocycles. The molecule has 7 atom stereocenters. The van der Waals surface area contributed by atoms with Gasteiger partial charge >= 0.3 is 0 Å². The van der Waals surface area contributed by atoms with Gasteiger partial charge in [0, 0.05) is 24.9 Å². The molecule has 0 radical (unpaired) electrons. The summed E-state index contributed by atoms with van der Waals surface area (Å²) in [4.78, 5) is 12.3. The lowest BCUT2D eigenvalue weighted by Crippen LogP contribution is -2.54. The number of allylic oxidation sites excluding steroid dienone is 1. The van der Waals surface area contributed by atoms with Crippen LogP contribution in [-0.2, 0) is 27.9 Å². The van der Waals surface area contributed by atoms with Crippen LogP contribution in [0.25, 0.3) is 0 Å². The normalized spacial score (nSPS) is 23.4. The van der Waals surface area contributed by atoms with E-state index in [-0.39, 0.29) is 53.0 Å². The van der Waals surface area contributed by atoms with Crippen LogP contribution < -0.4 is 0 Å². The lowest BCUT2D eigenvalue weighted by molar-refractivity contribution is -0.164. The Morgan fingerprint density at radius 2 is 1.52 bits per heavy atom. The summed E-state index contributed by atoms with van der Waals surface area (Å²) < 4.78 is 33.0. The zero-order chi connectivity index (χ0) is 31.3. The van der Waals surface area contributed by atoms with Crippen LogP contribution in [0.4, 0.5) is 0 Å². The first-order valence-corrected chi connectivity index (χ1v) is 21.0. The second-order valence-corrected chi connectivity index (χ2v) is 23.7. The van der Waals surface area contributed by atoms with Crippen LogP contribution >= 0.6 is 0 Å². The molecule has 0 amide bonds. The number of ketones is 1. The van der Waals surface area contributed by atoms with E-state index in [4.69, 9.17) is 23.1 Å². The van der Waals surface area contributed by atoms with Gasteiger partial charge < -0.3 is 23.1 Å². The number of hydrogen-bond acceptors (Lipinski definition) is 6. The standard InChI is InChI=1S/C32H64O6Si2/c1-17-40(18-2,19-3)38-29(25(7)30(34-14)27-21-35-32(12,13)36-27)24(6)28(23(5)20-22(4)26(8)33)37-39(15,16)31(9,10)11/h20,22,24-25,27-30H,17-19,21H2,1-16H3/b23-20+/t22-,24+,25+,27-,28-,29-,30-/m0/s1. The Morgan fingerprint density at radius 1 is 1.00 bits per heavy atom. The molecule has 0 N–H and O–H groups in total. The largest absolute Gasteiger partial charge is 0.413 e. The average Bonchev–Trinajstić information content (AvgIpc) is 3.21. The van der Waals surface area contributed by atoms with Crippen molar-refractivity contribution < 1.29 is 27.9 Å². The highest BCUT2D eigenvalue weighted by atomic mass is 28.4. The van der Waals surface area contributed by atoms with Crippen LogP contribution in [0, 0.1) is 17.8 Å². The van der Waals surface area contributed by atoms with Crippen molar-refractivity contribution in [3.05, 3.63) is 11.6 Å². The SMILES string of the molecule is CC[Si](CC)(CC)O[C@H]([C@@H](C)[C@H](OC)[C@@H]1COC(C)(C)O1)[C@H](C)[C@@H](O[Si](C)(C)C(C)(C)C)/C(C)=C/[C@H](C)C(C)=O. The molecule has 1 aliphatic rings. The third-order valence-corrected chi connectivity index (χ3v) is 18.9. The quantitative estimate of drug-likeness (QED) is 0.131. The fourth-order valence-electron chi connectivity index (χ4n) is 5.64. The molecule has 1 saturated heterocycles. The molecule has 8 heteroatoms. The van der Waals surface area contributed by atoms with Crippen molar-refractivity contribution in [3.8, 4) is 0 Å². The number of carbonyl (C=O) groups is 1. The van der Waals surface area contributed by atoms with Crippen molar-refractivity contribution in [1.29, 1.82) is 0 Å². The van der Waals surface area contributed by atoms with E-state index < -0.39 is 22.4 Å². The first-order chi connectivity index (χ1) is 18.2. The molecule has 0 spiro atoms. The van der Waals surface area contributed by atoms with E-state index in [1.807, 2.05) is 20.8 Å². The summed E-state index contributed by atoms with van der Waals surface area (Å²) in [5.41, 5.74) is 1.10. The minimum Gasteiger partial charge on any atom is -0.413 e. The van der Waals surface area contributed by atoms with Crippen molar-refractivity contribution in [2.24, 2.45) is 17.8 Å². The molecule has 0 aromatic rings. The molecule has 0 saturated carbocycles. The van der Waals surface area contributed by atoms with Crippen LogP contribution in [0.15, 0.2) is 11.6 Å². The molecule has 0 aromatic carbocycles. The molecule has 1 fully saturated rings. The lowest BCUT2D eigenvalue weighted by atomic mass is 9.82. The number of ether oxygens (including phenoxy) is 3. The van der Waals surface area contributed by atoms with Gasteiger partial charge in [0.2, 0.25) is 0 Å². The Morgan fingerprint density at radius 3 is 1.90 bits per heavy atom. The predicted molar refractivity (Wildman–Crippen MR) is 172 cm³/mol. The maximum Gasteiger partial charge on any atom is 0.192 e. The van der Waals surface area contributed by atoms with E-state index >= 15 is 0 Å². The van der Waals surface area contributed by atoms with E-state index in [9.17, 15) is 4.79 Å². The van der Waals surface area contributed by atoms with Gasteiger partial charge in [0.05, 0.1) is 24.9 Å². The summed E-state index contributed by atoms with van der Waals surface area (Å²) >= 11 is 0. The van der Waals surface area contributed by atoms with Crippen LogP contribution in [0.2, 0.25) is 36.3 Å². The maximum atomic E-state index is 12.3. The average molecular weight is 601 g/mol. The Balaban J connectivity index is 3.70. The summed E-state index contributed by atoms with van der Waals surface area (Å²) in [5.74, 6) is -0.572. The van der Waals surface area contributed by atoms with E-state index in [0.717, 1.165) is 23.7 Å². The molecular weight excluding hydrogens is 537 g/mol. The zero-order valence-electron chi connectivity index (χ0n) is 28.9. The molecule has 0 aromatic heterocycles. The summed E-state index contributed by atoms with van der Waals surface area (Å²) in [6.07, 6.45) is 1.44. The Bertz CT molecular complexity index is 821. The van der Waals surface area contributed by atoms with Crippen LogP contribution in [0.5, 0.6) is 0 Å². The minimum absolute atomic E-state index is 0.0302. The highest BCUT2D eigenvalue weighted by Crippen LogP contribution is 2.42. The van der Waals surface area contributed by atoms with Crippen LogP contribution in [0.3, 0.4) is 0 Å². The van der Waals surface area contributed by atoms with Gasteiger partial charge in [-0.05, 0) is 69.5 Å². The highest BCUT2D eigenvalue weighted by Gasteiger charge is 2.48. The highest BCUT2D eigenvalue weighted by molar-refractivity contribution is 6.74. The Kier molecular flexibility index (Phi) is 14.0. The van der Waals surface area contributed by atoms with E-state index in [1.54, 1.807) is 14.0 Å². The third-order valence-electron chi connectivity index (χ3n) is 9.85. The molecule has 0 bridgehead atoms. The van der Waals surface area contributed by atoms with Crippen molar-refractivity contribution in [2.45, 2.75) is 156 Å². The van der Waals surface area contributed by atoms with Gasteiger partial charge in [-0.25, -0.2) is 0 Å². The first-order valence-electron chi connectivity index (χ1n) is 15.6. The molecule has 236 valence electrons. The summed E-state index contributed by atoms with van der Waals surface area (Å²) in [6, 6.07) is 3.19. The number of hydrogen-bond donors (Lipinski definition) is 0. The summed E-state index contributed by atoms with van der Waals surface area (Å²) in [6.45, 7) is 33.0. The molecule has 40 heavy (non-hydrogen) atoms. The Hall–Kier alpha value is -0.356. The molecule has 1 rings (SSSR count). The maximum absolute atomic E-state index is 12.3. The monoisotopic (exact) mass is 600 g/mol. The predicted octanol–water partition coefficient (Wildman–Crippen LogP) is 8.38. The molecule has 1 heterocycles. The van der Waals surface area contributed by atoms with Crippen LogP contribution in [0.1, 0.15) is 90.0 Å².